The van der Waals surface area contributed by atoms with Gasteiger partial charge in [0.05, 0.1) is 6.61 Å². The average Bonchev–Trinajstić information content (AvgIpc) is 3.09. The Morgan fingerprint density at radius 2 is 1.70 bits per heavy atom. The highest BCUT2D eigenvalue weighted by Crippen LogP contribution is 2.17. The van der Waals surface area contributed by atoms with Crippen LogP contribution < -0.4 is 15.4 Å². The van der Waals surface area contributed by atoms with E-state index in [1.807, 2.05) is 11.0 Å². The van der Waals surface area contributed by atoms with Gasteiger partial charge in [-0.2, -0.15) is 0 Å². The first kappa shape index (κ1) is 24.7. The van der Waals surface area contributed by atoms with Gasteiger partial charge in [0.2, 0.25) is 0 Å². The van der Waals surface area contributed by atoms with Crippen LogP contribution in [0.15, 0.2) is 48.5 Å². The molecule has 1 saturated heterocycles. The second-order valence-corrected chi connectivity index (χ2v) is 9.16. The second kappa shape index (κ2) is 12.3. The van der Waals surface area contributed by atoms with Gasteiger partial charge in [0.25, 0.3) is 11.8 Å². The number of carbonyl (C=O) groups excluding carboxylic acids is 2. The van der Waals surface area contributed by atoms with E-state index in [4.69, 9.17) is 17.0 Å². The van der Waals surface area contributed by atoms with Crippen LogP contribution in [0.1, 0.15) is 66.7 Å². The summed E-state index contributed by atoms with van der Waals surface area (Å²) in [4.78, 5) is 27.2. The molecule has 0 spiro atoms. The fraction of sp³-hybridized carbons (Fsp3) is 0.423. The number of rotatable bonds is 7. The first-order valence-electron chi connectivity index (χ1n) is 11.7. The molecule has 0 aromatic heterocycles. The Kier molecular flexibility index (Phi) is 9.24. The summed E-state index contributed by atoms with van der Waals surface area (Å²) < 4.78 is 5.73. The number of carbonyl (C=O) groups is 2. The molecule has 0 unspecified atom stereocenters. The molecule has 3 rings (SSSR count). The zero-order valence-electron chi connectivity index (χ0n) is 19.4. The molecule has 7 heteroatoms. The van der Waals surface area contributed by atoms with Gasteiger partial charge in [-0.3, -0.25) is 14.9 Å². The van der Waals surface area contributed by atoms with E-state index in [0.29, 0.717) is 35.1 Å². The lowest BCUT2D eigenvalue weighted by atomic mass is 10.1. The van der Waals surface area contributed by atoms with Gasteiger partial charge in [0.15, 0.2) is 5.11 Å². The average molecular weight is 468 g/mol. The Hall–Kier alpha value is -2.93. The van der Waals surface area contributed by atoms with E-state index in [0.717, 1.165) is 32.4 Å². The van der Waals surface area contributed by atoms with Crippen LogP contribution in [0.3, 0.4) is 0 Å². The molecule has 0 saturated carbocycles. The van der Waals surface area contributed by atoms with Crippen LogP contribution in [0.25, 0.3) is 0 Å². The van der Waals surface area contributed by atoms with Crippen LogP contribution in [0.2, 0.25) is 0 Å². The van der Waals surface area contributed by atoms with Crippen LogP contribution in [0.4, 0.5) is 5.69 Å². The number of amides is 2. The quantitative estimate of drug-likeness (QED) is 0.544. The Morgan fingerprint density at radius 3 is 2.36 bits per heavy atom. The molecular weight excluding hydrogens is 434 g/mol. The molecule has 0 bridgehead atoms. The first-order chi connectivity index (χ1) is 15.9. The Balaban J connectivity index is 1.52. The monoisotopic (exact) mass is 467 g/mol. The van der Waals surface area contributed by atoms with Crippen molar-refractivity contribution in [2.24, 2.45) is 5.92 Å². The highest BCUT2D eigenvalue weighted by Gasteiger charge is 2.17. The Morgan fingerprint density at radius 1 is 1.00 bits per heavy atom. The third-order valence-electron chi connectivity index (χ3n) is 5.57. The number of likely N-dealkylation sites (tertiary alicyclic amines) is 1. The zero-order chi connectivity index (χ0) is 23.6. The molecule has 0 radical (unpaired) electrons. The number of ether oxygens (including phenoxy) is 1. The van der Waals surface area contributed by atoms with Gasteiger partial charge in [-0.1, -0.05) is 32.8 Å². The Labute approximate surface area is 201 Å². The highest BCUT2D eigenvalue weighted by molar-refractivity contribution is 7.80. The lowest BCUT2D eigenvalue weighted by molar-refractivity contribution is 0.0761. The van der Waals surface area contributed by atoms with Gasteiger partial charge >= 0.3 is 0 Å². The van der Waals surface area contributed by atoms with Gasteiger partial charge in [0.1, 0.15) is 5.75 Å². The van der Waals surface area contributed by atoms with E-state index in [1.54, 1.807) is 42.5 Å². The molecule has 0 atom stereocenters. The van der Waals surface area contributed by atoms with Crippen molar-refractivity contribution in [3.8, 4) is 5.75 Å². The summed E-state index contributed by atoms with van der Waals surface area (Å²) in [5, 5.41) is 5.89. The number of benzene rings is 2. The minimum absolute atomic E-state index is 0.0647. The molecule has 1 fully saturated rings. The SMILES string of the molecule is CC(C)CCOc1cccc(C(=O)NC(=S)Nc2ccc(C(=O)N3CCCCCC3)cc2)c1. The topological polar surface area (TPSA) is 70.7 Å². The molecule has 1 aliphatic heterocycles. The predicted octanol–water partition coefficient (Wildman–Crippen LogP) is 5.25. The summed E-state index contributed by atoms with van der Waals surface area (Å²) in [5.41, 5.74) is 1.84. The summed E-state index contributed by atoms with van der Waals surface area (Å²) in [5.74, 6) is 0.970. The summed E-state index contributed by atoms with van der Waals surface area (Å²) in [6, 6.07) is 14.2. The van der Waals surface area contributed by atoms with E-state index in [2.05, 4.69) is 24.5 Å². The maximum Gasteiger partial charge on any atom is 0.257 e. The smallest absolute Gasteiger partial charge is 0.257 e. The summed E-state index contributed by atoms with van der Waals surface area (Å²) in [7, 11) is 0. The molecule has 0 aliphatic carbocycles. The third-order valence-corrected chi connectivity index (χ3v) is 5.77. The number of nitrogens with zero attached hydrogens (tertiary/aromatic N) is 1. The Bertz CT molecular complexity index is 952. The number of hydrogen-bond acceptors (Lipinski definition) is 4. The van der Waals surface area contributed by atoms with Gasteiger partial charge in [-0.05, 0) is 79.9 Å². The van der Waals surface area contributed by atoms with E-state index in [9.17, 15) is 9.59 Å². The molecule has 2 N–H and O–H groups in total. The van der Waals surface area contributed by atoms with E-state index in [1.165, 1.54) is 12.8 Å². The van der Waals surface area contributed by atoms with Crippen LogP contribution in [-0.4, -0.2) is 41.5 Å². The van der Waals surface area contributed by atoms with Crippen molar-refractivity contribution in [3.05, 3.63) is 59.7 Å². The standard InChI is InChI=1S/C26H33N3O3S/c1-19(2)14-17-32-23-9-7-8-21(18-23)24(30)28-26(33)27-22-12-10-20(11-13-22)25(31)29-15-5-3-4-6-16-29/h7-13,18-19H,3-6,14-17H2,1-2H3,(H2,27,28,30,33). The number of hydrogen-bond donors (Lipinski definition) is 2. The largest absolute Gasteiger partial charge is 0.494 e. The lowest BCUT2D eigenvalue weighted by Gasteiger charge is -2.20. The van der Waals surface area contributed by atoms with Crippen LogP contribution in [0, 0.1) is 5.92 Å². The molecule has 6 nitrogen and oxygen atoms in total. The molecule has 33 heavy (non-hydrogen) atoms. The van der Waals surface area contributed by atoms with Crippen molar-refractivity contribution in [1.82, 2.24) is 10.2 Å². The maximum atomic E-state index is 12.7. The minimum atomic E-state index is -0.310. The van der Waals surface area contributed by atoms with Crippen molar-refractivity contribution < 1.29 is 14.3 Å². The van der Waals surface area contributed by atoms with Gasteiger partial charge in [0, 0.05) is 29.9 Å². The molecule has 176 valence electrons. The minimum Gasteiger partial charge on any atom is -0.494 e. The number of thiocarbonyl (C=S) groups is 1. The van der Waals surface area contributed by atoms with Crippen molar-refractivity contribution in [2.45, 2.75) is 46.0 Å². The normalized spacial score (nSPS) is 13.8. The van der Waals surface area contributed by atoms with Gasteiger partial charge < -0.3 is 15.0 Å². The van der Waals surface area contributed by atoms with Crippen LogP contribution in [0.5, 0.6) is 5.75 Å². The predicted molar refractivity (Wildman–Crippen MR) is 136 cm³/mol. The highest BCUT2D eigenvalue weighted by atomic mass is 32.1. The van der Waals surface area contributed by atoms with E-state index < -0.39 is 0 Å². The first-order valence-corrected chi connectivity index (χ1v) is 12.1. The number of anilines is 1. The maximum absolute atomic E-state index is 12.7. The molecular formula is C26H33N3O3S. The van der Waals surface area contributed by atoms with Crippen LogP contribution >= 0.6 is 12.2 Å². The molecule has 1 heterocycles. The van der Waals surface area contributed by atoms with Gasteiger partial charge in [-0.25, -0.2) is 0 Å². The molecule has 1 aliphatic rings. The van der Waals surface area contributed by atoms with Crippen LogP contribution in [-0.2, 0) is 0 Å². The molecule has 2 amide bonds. The van der Waals surface area contributed by atoms with Crippen molar-refractivity contribution >= 4 is 34.8 Å². The van der Waals surface area contributed by atoms with E-state index in [-0.39, 0.29) is 16.9 Å². The fourth-order valence-corrected chi connectivity index (χ4v) is 3.84. The molecule has 2 aromatic carbocycles. The fourth-order valence-electron chi connectivity index (χ4n) is 3.63. The van der Waals surface area contributed by atoms with Gasteiger partial charge in [-0.15, -0.1) is 0 Å². The summed E-state index contributed by atoms with van der Waals surface area (Å²) in [6.45, 7) is 6.53. The summed E-state index contributed by atoms with van der Waals surface area (Å²) in [6.07, 6.45) is 5.45. The number of nitrogens with one attached hydrogen (secondary N) is 2. The third kappa shape index (κ3) is 7.86. The summed E-state index contributed by atoms with van der Waals surface area (Å²) >= 11 is 5.30. The van der Waals surface area contributed by atoms with Crippen molar-refractivity contribution in [2.75, 3.05) is 25.0 Å². The zero-order valence-corrected chi connectivity index (χ0v) is 20.2. The molecule has 2 aromatic rings. The van der Waals surface area contributed by atoms with Crippen molar-refractivity contribution in [3.63, 3.8) is 0 Å². The van der Waals surface area contributed by atoms with Crippen molar-refractivity contribution in [1.29, 1.82) is 0 Å². The van der Waals surface area contributed by atoms with E-state index >= 15 is 0 Å². The lowest BCUT2D eigenvalue weighted by Crippen LogP contribution is -2.34. The second-order valence-electron chi connectivity index (χ2n) is 8.75.